The summed E-state index contributed by atoms with van der Waals surface area (Å²) < 4.78 is 1.17. The molecule has 2 aromatic rings. The van der Waals surface area contributed by atoms with E-state index in [0.717, 1.165) is 12.8 Å². The molecule has 0 saturated heterocycles. The Labute approximate surface area is 164 Å². The molecule has 0 saturated carbocycles. The van der Waals surface area contributed by atoms with Crippen LogP contribution in [-0.4, -0.2) is 5.25 Å². The van der Waals surface area contributed by atoms with Gasteiger partial charge in [0.2, 0.25) is 0 Å². The van der Waals surface area contributed by atoms with Gasteiger partial charge < -0.3 is 0 Å². The minimum atomic E-state index is 0.666. The molecular weight excluding hydrogens is 388 g/mol. The predicted octanol–water partition coefficient (Wildman–Crippen LogP) is 7.56. The van der Waals surface area contributed by atoms with Gasteiger partial charge in [-0.2, -0.15) is 0 Å². The van der Waals surface area contributed by atoms with E-state index in [2.05, 4.69) is 92.2 Å². The van der Waals surface area contributed by atoms with Crippen LogP contribution < -0.4 is 0 Å². The maximum atomic E-state index is 3.46. The first-order valence-electron chi connectivity index (χ1n) is 8.83. The lowest BCUT2D eigenvalue weighted by Crippen LogP contribution is -1.88. The van der Waals surface area contributed by atoms with Crippen LogP contribution in [-0.2, 0) is 12.8 Å². The third-order valence-electron chi connectivity index (χ3n) is 4.34. The maximum absolute atomic E-state index is 3.46. The van der Waals surface area contributed by atoms with Gasteiger partial charge in [-0.3, -0.25) is 0 Å². The molecule has 2 aliphatic rings. The molecule has 0 aromatic heterocycles. The Bertz CT molecular complexity index is 843. The van der Waals surface area contributed by atoms with Crippen molar-refractivity contribution in [3.63, 3.8) is 0 Å². The zero-order valence-electron chi connectivity index (χ0n) is 15.4. The van der Waals surface area contributed by atoms with Gasteiger partial charge in [-0.15, -0.1) is 11.8 Å². The van der Waals surface area contributed by atoms with Gasteiger partial charge in [-0.05, 0) is 73.2 Å². The smallest absolute Gasteiger partial charge is 0.0181 e. The van der Waals surface area contributed by atoms with E-state index in [1.165, 1.54) is 42.8 Å². The van der Waals surface area contributed by atoms with E-state index in [-0.39, 0.29) is 0 Å². The topological polar surface area (TPSA) is 0 Å². The second-order valence-corrected chi connectivity index (χ2v) is 9.77. The van der Waals surface area contributed by atoms with E-state index >= 15 is 0 Å². The molecule has 0 nitrogen and oxygen atoms in total. The average Bonchev–Trinajstić information content (AvgIpc) is 3.07. The summed E-state index contributed by atoms with van der Waals surface area (Å²) in [6.45, 7) is 8.85. The van der Waals surface area contributed by atoms with Crippen molar-refractivity contribution in [2.45, 2.75) is 50.7 Å². The minimum absolute atomic E-state index is 0.666. The Morgan fingerprint density at radius 1 is 0.840 bits per heavy atom. The van der Waals surface area contributed by atoms with Crippen LogP contribution >= 0.6 is 27.7 Å². The summed E-state index contributed by atoms with van der Waals surface area (Å²) in [5.41, 5.74) is 8.66. The van der Waals surface area contributed by atoms with Gasteiger partial charge >= 0.3 is 0 Å². The molecule has 0 radical (unpaired) electrons. The van der Waals surface area contributed by atoms with Crippen LogP contribution in [0, 0.1) is 0 Å². The molecule has 0 amide bonds. The van der Waals surface area contributed by atoms with Gasteiger partial charge in [-0.1, -0.05) is 65.2 Å². The van der Waals surface area contributed by atoms with Crippen molar-refractivity contribution in [2.24, 2.45) is 0 Å². The van der Waals surface area contributed by atoms with Gasteiger partial charge in [0.15, 0.2) is 0 Å². The lowest BCUT2D eigenvalue weighted by molar-refractivity contribution is 1.11. The largest absolute Gasteiger partial charge is 0.123 e. The predicted molar refractivity (Wildman–Crippen MR) is 116 cm³/mol. The molecule has 0 heterocycles. The number of halogens is 1. The van der Waals surface area contributed by atoms with Crippen LogP contribution in [0.4, 0.5) is 0 Å². The normalized spacial score (nSPS) is 14.5. The zero-order chi connectivity index (χ0) is 18.0. The summed E-state index contributed by atoms with van der Waals surface area (Å²) in [6.07, 6.45) is 6.82. The Kier molecular flexibility index (Phi) is 5.91. The second-order valence-electron chi connectivity index (χ2n) is 7.21. The number of rotatable bonds is 2. The lowest BCUT2D eigenvalue weighted by Gasteiger charge is -2.06. The van der Waals surface area contributed by atoms with Crippen molar-refractivity contribution in [3.05, 3.63) is 74.3 Å². The summed E-state index contributed by atoms with van der Waals surface area (Å²) >= 11 is 5.39. The van der Waals surface area contributed by atoms with Crippen molar-refractivity contribution in [1.29, 1.82) is 0 Å². The first kappa shape index (κ1) is 18.5. The minimum Gasteiger partial charge on any atom is -0.123 e. The fourth-order valence-corrected chi connectivity index (χ4v) is 4.57. The van der Waals surface area contributed by atoms with Crippen LogP contribution in [0.2, 0.25) is 0 Å². The molecule has 2 heteroatoms. The molecule has 0 spiro atoms. The average molecular weight is 413 g/mol. The van der Waals surface area contributed by atoms with Gasteiger partial charge in [0.05, 0.1) is 0 Å². The number of allylic oxidation sites excluding steroid dienone is 2. The molecular formula is C23H25BrS. The molecule has 0 atom stereocenters. The van der Waals surface area contributed by atoms with Crippen LogP contribution in [0.3, 0.4) is 0 Å². The summed E-state index contributed by atoms with van der Waals surface area (Å²) in [5, 5.41) is 0.666. The van der Waals surface area contributed by atoms with Crippen LogP contribution in [0.1, 0.15) is 49.9 Å². The van der Waals surface area contributed by atoms with Gasteiger partial charge in [0, 0.05) is 14.6 Å². The molecule has 0 unspecified atom stereocenters. The Morgan fingerprint density at radius 2 is 1.40 bits per heavy atom. The third kappa shape index (κ3) is 4.89. The number of benzene rings is 2. The van der Waals surface area contributed by atoms with Gasteiger partial charge in [0.1, 0.15) is 0 Å². The Balaban J connectivity index is 0.000000150. The fourth-order valence-electron chi connectivity index (χ4n) is 3.31. The number of thioether (sulfide) groups is 1. The van der Waals surface area contributed by atoms with E-state index in [0.29, 0.717) is 5.25 Å². The molecule has 130 valence electrons. The quantitative estimate of drug-likeness (QED) is 0.458. The molecule has 0 bridgehead atoms. The van der Waals surface area contributed by atoms with Gasteiger partial charge in [0.25, 0.3) is 0 Å². The second kappa shape index (κ2) is 7.97. The molecule has 25 heavy (non-hydrogen) atoms. The Hall–Kier alpha value is -1.25. The van der Waals surface area contributed by atoms with Crippen molar-refractivity contribution in [1.82, 2.24) is 0 Å². The summed E-state index contributed by atoms with van der Waals surface area (Å²) in [7, 11) is 0. The van der Waals surface area contributed by atoms with Crippen LogP contribution in [0.5, 0.6) is 0 Å². The fraction of sp³-hybridized carbons (Fsp3) is 0.304. The molecule has 0 N–H and O–H groups in total. The summed E-state index contributed by atoms with van der Waals surface area (Å²) in [4.78, 5) is 1.39. The monoisotopic (exact) mass is 412 g/mol. The highest BCUT2D eigenvalue weighted by molar-refractivity contribution is 9.10. The first-order chi connectivity index (χ1) is 11.9. The molecule has 4 rings (SSSR count). The molecule has 2 aromatic carbocycles. The van der Waals surface area contributed by atoms with Crippen molar-refractivity contribution in [3.8, 4) is 0 Å². The number of hydrogen-bond donors (Lipinski definition) is 0. The standard InChI is InChI=1S/C13H16S.C10H9Br/c1-9(2)14-13-5-4-11-6-10(3)7-12(11)8-13;1-7-4-8-2-3-10(11)6-9(8)5-7/h4-5,7-9H,6H2,1-3H3;2-3,5-6H,4H2,1H3. The molecule has 0 fully saturated rings. The van der Waals surface area contributed by atoms with E-state index in [9.17, 15) is 0 Å². The number of hydrogen-bond acceptors (Lipinski definition) is 1. The number of fused-ring (bicyclic) bond motifs is 2. The molecule has 2 aliphatic carbocycles. The Morgan fingerprint density at radius 3 is 2.00 bits per heavy atom. The summed E-state index contributed by atoms with van der Waals surface area (Å²) in [6, 6.07) is 13.3. The lowest BCUT2D eigenvalue weighted by atomic mass is 10.1. The highest BCUT2D eigenvalue weighted by Gasteiger charge is 2.10. The van der Waals surface area contributed by atoms with Crippen LogP contribution in [0.15, 0.2) is 56.9 Å². The third-order valence-corrected chi connectivity index (χ3v) is 5.83. The molecule has 0 aliphatic heterocycles. The highest BCUT2D eigenvalue weighted by Crippen LogP contribution is 2.30. The van der Waals surface area contributed by atoms with Crippen molar-refractivity contribution >= 4 is 39.8 Å². The van der Waals surface area contributed by atoms with Gasteiger partial charge in [-0.25, -0.2) is 0 Å². The van der Waals surface area contributed by atoms with E-state index < -0.39 is 0 Å². The zero-order valence-corrected chi connectivity index (χ0v) is 17.8. The van der Waals surface area contributed by atoms with E-state index in [4.69, 9.17) is 0 Å². The van der Waals surface area contributed by atoms with Crippen LogP contribution in [0.25, 0.3) is 12.2 Å². The highest BCUT2D eigenvalue weighted by atomic mass is 79.9. The van der Waals surface area contributed by atoms with Crippen molar-refractivity contribution in [2.75, 3.05) is 0 Å². The summed E-state index contributed by atoms with van der Waals surface area (Å²) in [5.74, 6) is 0. The SMILES string of the molecule is CC1=Cc2cc(Br)ccc2C1.CC1=Cc2cc(SC(C)C)ccc2C1. The van der Waals surface area contributed by atoms with E-state index in [1.54, 1.807) is 0 Å². The van der Waals surface area contributed by atoms with E-state index in [1.807, 2.05) is 11.8 Å². The van der Waals surface area contributed by atoms with Crippen molar-refractivity contribution < 1.29 is 0 Å². The maximum Gasteiger partial charge on any atom is 0.0181 e. The first-order valence-corrected chi connectivity index (χ1v) is 10.5.